The summed E-state index contributed by atoms with van der Waals surface area (Å²) in [4.78, 5) is 23.7. The lowest BCUT2D eigenvalue weighted by molar-refractivity contribution is -0.150. The van der Waals surface area contributed by atoms with Gasteiger partial charge in [-0.15, -0.1) is 0 Å². The smallest absolute Gasteiger partial charge is 0.311 e. The number of nitrogens with two attached hydrogens (primary N) is 1. The van der Waals surface area contributed by atoms with Gasteiger partial charge in [0.15, 0.2) is 0 Å². The average Bonchev–Trinajstić information content (AvgIpc) is 2.48. The van der Waals surface area contributed by atoms with Crippen LogP contribution in [0.15, 0.2) is 22.7 Å². The van der Waals surface area contributed by atoms with E-state index in [1.165, 1.54) is 0 Å². The van der Waals surface area contributed by atoms with Gasteiger partial charge in [0.1, 0.15) is 0 Å². The van der Waals surface area contributed by atoms with E-state index in [0.717, 1.165) is 23.7 Å². The van der Waals surface area contributed by atoms with Crippen LogP contribution in [-0.2, 0) is 4.79 Å². The number of aliphatic carboxylic acids is 1. The van der Waals surface area contributed by atoms with Crippen molar-refractivity contribution in [2.45, 2.75) is 32.1 Å². The van der Waals surface area contributed by atoms with Gasteiger partial charge in [0.05, 0.1) is 5.41 Å². The first-order chi connectivity index (χ1) is 9.94. The molecule has 0 unspecified atom stereocenters. The molecule has 6 heteroatoms. The van der Waals surface area contributed by atoms with Crippen molar-refractivity contribution >= 4 is 33.5 Å². The number of carboxylic acids is 1. The van der Waals surface area contributed by atoms with Gasteiger partial charge >= 0.3 is 5.97 Å². The molecule has 0 atom stereocenters. The molecule has 21 heavy (non-hydrogen) atoms. The summed E-state index contributed by atoms with van der Waals surface area (Å²) in [5, 5.41) is 12.2. The maximum atomic E-state index is 12.1. The van der Waals surface area contributed by atoms with E-state index in [9.17, 15) is 14.7 Å². The molecule has 0 heterocycles. The van der Waals surface area contributed by atoms with Gasteiger partial charge in [-0.25, -0.2) is 0 Å². The maximum Gasteiger partial charge on any atom is 0.311 e. The van der Waals surface area contributed by atoms with Crippen LogP contribution in [0, 0.1) is 5.41 Å². The van der Waals surface area contributed by atoms with Crippen LogP contribution in [0.3, 0.4) is 0 Å². The van der Waals surface area contributed by atoms with Gasteiger partial charge in [-0.2, -0.15) is 0 Å². The van der Waals surface area contributed by atoms with Gasteiger partial charge < -0.3 is 16.2 Å². The Morgan fingerprint density at radius 1 is 1.29 bits per heavy atom. The minimum atomic E-state index is -0.825. The lowest BCUT2D eigenvalue weighted by Gasteiger charge is -2.33. The van der Waals surface area contributed by atoms with E-state index in [4.69, 9.17) is 5.73 Å². The first kappa shape index (κ1) is 15.8. The highest BCUT2D eigenvalue weighted by atomic mass is 79.9. The molecule has 1 aliphatic carbocycles. The van der Waals surface area contributed by atoms with Gasteiger partial charge in [0.2, 0.25) is 0 Å². The van der Waals surface area contributed by atoms with Gasteiger partial charge in [0.25, 0.3) is 5.91 Å². The third-order valence-corrected chi connectivity index (χ3v) is 4.83. The van der Waals surface area contributed by atoms with E-state index < -0.39 is 11.4 Å². The number of carbonyl (C=O) groups is 2. The number of hydrogen-bond donors (Lipinski definition) is 3. The van der Waals surface area contributed by atoms with E-state index in [1.807, 2.05) is 0 Å². The second-order valence-electron chi connectivity index (χ2n) is 5.57. The van der Waals surface area contributed by atoms with Gasteiger partial charge in [-0.3, -0.25) is 9.59 Å². The lowest BCUT2D eigenvalue weighted by Crippen LogP contribution is -2.44. The van der Waals surface area contributed by atoms with Crippen LogP contribution in [0.25, 0.3) is 0 Å². The van der Waals surface area contributed by atoms with E-state index in [-0.39, 0.29) is 12.5 Å². The highest BCUT2D eigenvalue weighted by Crippen LogP contribution is 2.36. The zero-order valence-corrected chi connectivity index (χ0v) is 13.3. The van der Waals surface area contributed by atoms with Crippen molar-refractivity contribution in [3.63, 3.8) is 0 Å². The number of amides is 1. The molecule has 0 aliphatic heterocycles. The standard InChI is InChI=1S/C15H19BrN2O3/c16-11-5-4-10(8-12(11)17)13(19)18-9-15(14(20)21)6-2-1-3-7-15/h4-5,8H,1-3,6-7,9,17H2,(H,18,19)(H,20,21). The molecule has 4 N–H and O–H groups in total. The Morgan fingerprint density at radius 3 is 2.52 bits per heavy atom. The molecule has 0 spiro atoms. The molecule has 1 fully saturated rings. The molecule has 1 amide bonds. The normalized spacial score (nSPS) is 17.2. The van der Waals surface area contributed by atoms with Crippen LogP contribution in [0.5, 0.6) is 0 Å². The second kappa shape index (κ2) is 6.47. The molecular formula is C15H19BrN2O3. The zero-order chi connectivity index (χ0) is 15.5. The molecule has 2 rings (SSSR count). The van der Waals surface area contributed by atoms with E-state index in [1.54, 1.807) is 18.2 Å². The van der Waals surface area contributed by atoms with Crippen molar-refractivity contribution in [3.8, 4) is 0 Å². The monoisotopic (exact) mass is 354 g/mol. The first-order valence-electron chi connectivity index (χ1n) is 7.01. The predicted octanol–water partition coefficient (Wildman–Crippen LogP) is 2.80. The number of nitrogens with one attached hydrogen (secondary N) is 1. The Morgan fingerprint density at radius 2 is 1.95 bits per heavy atom. The van der Waals surface area contributed by atoms with Crippen LogP contribution in [0.4, 0.5) is 5.69 Å². The number of nitrogen functional groups attached to an aromatic ring is 1. The number of benzene rings is 1. The molecule has 1 aromatic rings. The van der Waals surface area contributed by atoms with Crippen LogP contribution < -0.4 is 11.1 Å². The summed E-state index contributed by atoms with van der Waals surface area (Å²) in [6, 6.07) is 4.94. The number of rotatable bonds is 4. The topological polar surface area (TPSA) is 92.4 Å². The molecule has 0 aromatic heterocycles. The Hall–Kier alpha value is -1.56. The molecule has 5 nitrogen and oxygen atoms in total. The van der Waals surface area contributed by atoms with Crippen LogP contribution in [-0.4, -0.2) is 23.5 Å². The first-order valence-corrected chi connectivity index (χ1v) is 7.80. The fourth-order valence-corrected chi connectivity index (χ4v) is 2.98. The number of halogens is 1. The highest BCUT2D eigenvalue weighted by molar-refractivity contribution is 9.10. The van der Waals surface area contributed by atoms with Crippen molar-refractivity contribution in [3.05, 3.63) is 28.2 Å². The minimum Gasteiger partial charge on any atom is -0.481 e. The van der Waals surface area contributed by atoms with Crippen molar-refractivity contribution in [2.75, 3.05) is 12.3 Å². The molecular weight excluding hydrogens is 336 g/mol. The molecule has 0 bridgehead atoms. The van der Waals surface area contributed by atoms with Gasteiger partial charge in [0, 0.05) is 22.3 Å². The number of hydrogen-bond acceptors (Lipinski definition) is 3. The number of carbonyl (C=O) groups excluding carboxylic acids is 1. The summed E-state index contributed by atoms with van der Waals surface area (Å²) in [6.45, 7) is 0.164. The van der Waals surface area contributed by atoms with Crippen molar-refractivity contribution < 1.29 is 14.7 Å². The summed E-state index contributed by atoms with van der Waals surface area (Å²) in [5.74, 6) is -1.11. The molecule has 1 aliphatic rings. The highest BCUT2D eigenvalue weighted by Gasteiger charge is 2.39. The van der Waals surface area contributed by atoms with E-state index in [2.05, 4.69) is 21.2 Å². The number of anilines is 1. The SMILES string of the molecule is Nc1cc(C(=O)NCC2(C(=O)O)CCCCC2)ccc1Br. The maximum absolute atomic E-state index is 12.1. The van der Waals surface area contributed by atoms with Crippen molar-refractivity contribution in [1.29, 1.82) is 0 Å². The summed E-state index contributed by atoms with van der Waals surface area (Å²) in [7, 11) is 0. The average molecular weight is 355 g/mol. The molecule has 114 valence electrons. The lowest BCUT2D eigenvalue weighted by atomic mass is 9.74. The van der Waals surface area contributed by atoms with Crippen LogP contribution in [0.1, 0.15) is 42.5 Å². The second-order valence-corrected chi connectivity index (χ2v) is 6.42. The largest absolute Gasteiger partial charge is 0.481 e. The molecule has 0 saturated heterocycles. The third kappa shape index (κ3) is 3.56. The third-order valence-electron chi connectivity index (χ3n) is 4.11. The Kier molecular flexibility index (Phi) is 4.88. The Labute approximate surface area is 132 Å². The summed E-state index contributed by atoms with van der Waals surface area (Å²) >= 11 is 3.27. The van der Waals surface area contributed by atoms with Crippen LogP contribution >= 0.6 is 15.9 Å². The van der Waals surface area contributed by atoms with E-state index in [0.29, 0.717) is 24.1 Å². The zero-order valence-electron chi connectivity index (χ0n) is 11.7. The number of carboxylic acid groups (broad SMARTS) is 1. The Balaban J connectivity index is 2.05. The predicted molar refractivity (Wildman–Crippen MR) is 84.0 cm³/mol. The van der Waals surface area contributed by atoms with E-state index >= 15 is 0 Å². The van der Waals surface area contributed by atoms with Crippen molar-refractivity contribution in [1.82, 2.24) is 5.32 Å². The fourth-order valence-electron chi connectivity index (χ4n) is 2.73. The van der Waals surface area contributed by atoms with Gasteiger partial charge in [-0.1, -0.05) is 19.3 Å². The molecule has 1 aromatic carbocycles. The summed E-state index contributed by atoms with van der Waals surface area (Å²) < 4.78 is 0.730. The molecule has 1 saturated carbocycles. The summed E-state index contributed by atoms with van der Waals surface area (Å²) in [5.41, 5.74) is 5.84. The Bertz CT molecular complexity index is 554. The fraction of sp³-hybridized carbons (Fsp3) is 0.467. The van der Waals surface area contributed by atoms with Gasteiger partial charge in [-0.05, 0) is 47.0 Å². The quantitative estimate of drug-likeness (QED) is 0.724. The van der Waals surface area contributed by atoms with Crippen molar-refractivity contribution in [2.24, 2.45) is 5.41 Å². The summed E-state index contributed by atoms with van der Waals surface area (Å²) in [6.07, 6.45) is 4.09. The molecule has 0 radical (unpaired) electrons. The minimum absolute atomic E-state index is 0.164. The van der Waals surface area contributed by atoms with Crippen LogP contribution in [0.2, 0.25) is 0 Å².